The summed E-state index contributed by atoms with van der Waals surface area (Å²) in [5.74, 6) is -0.283. The molecule has 0 fully saturated rings. The first-order chi connectivity index (χ1) is 13.7. The Labute approximate surface area is 163 Å². The topological polar surface area (TPSA) is 61.4 Å². The molecule has 1 aliphatic heterocycles. The summed E-state index contributed by atoms with van der Waals surface area (Å²) in [4.78, 5) is 26.8. The smallest absolute Gasteiger partial charge is 0.273 e. The zero-order valence-corrected chi connectivity index (χ0v) is 15.1. The van der Waals surface area contributed by atoms with Gasteiger partial charge in [-0.25, -0.2) is 10.2 Å². The molecule has 0 radical (unpaired) electrons. The number of hydrogen-bond acceptors (Lipinski definition) is 2. The lowest BCUT2D eigenvalue weighted by molar-refractivity contribution is -0.121. The Balaban J connectivity index is 1.55. The minimum absolute atomic E-state index is 0.190. The van der Waals surface area contributed by atoms with Gasteiger partial charge in [-0.2, -0.15) is 0 Å². The van der Waals surface area contributed by atoms with E-state index in [1.54, 1.807) is 4.90 Å². The molecule has 0 saturated carbocycles. The molecule has 138 valence electrons. The number of nitrogens with zero attached hydrogens (tertiary/aromatic N) is 1. The molecule has 4 rings (SSSR count). The number of carbonyl (C=O) groups is 2. The Morgan fingerprint density at radius 1 is 0.679 bits per heavy atom. The first-order valence-corrected chi connectivity index (χ1v) is 9.01. The Bertz CT molecular complexity index is 995. The van der Waals surface area contributed by atoms with Crippen LogP contribution in [0.25, 0.3) is 12.2 Å². The molecule has 3 aromatic rings. The van der Waals surface area contributed by atoms with E-state index in [0.717, 1.165) is 28.1 Å². The summed E-state index contributed by atoms with van der Waals surface area (Å²) in [5, 5.41) is 0. The van der Waals surface area contributed by atoms with Crippen molar-refractivity contribution in [3.8, 4) is 0 Å². The fourth-order valence-corrected chi connectivity index (χ4v) is 3.20. The molecule has 0 saturated heterocycles. The van der Waals surface area contributed by atoms with Gasteiger partial charge in [0.1, 0.15) is 0 Å². The number of amides is 3. The van der Waals surface area contributed by atoms with E-state index < -0.39 is 6.03 Å². The number of nitrogens with one attached hydrogen (secondary N) is 2. The van der Waals surface area contributed by atoms with Crippen LogP contribution in [0.2, 0.25) is 0 Å². The van der Waals surface area contributed by atoms with Gasteiger partial charge in [-0.15, -0.1) is 0 Å². The normalized spacial score (nSPS) is 11.8. The van der Waals surface area contributed by atoms with Gasteiger partial charge in [-0.1, -0.05) is 78.9 Å². The van der Waals surface area contributed by atoms with Crippen molar-refractivity contribution in [3.05, 3.63) is 95.6 Å². The summed E-state index contributed by atoms with van der Waals surface area (Å²) in [5.41, 5.74) is 9.27. The fraction of sp³-hybridized carbons (Fsp3) is 0.0435. The highest BCUT2D eigenvalue weighted by molar-refractivity contribution is 6.05. The van der Waals surface area contributed by atoms with Crippen LogP contribution in [0.4, 0.5) is 16.2 Å². The van der Waals surface area contributed by atoms with Gasteiger partial charge in [0.15, 0.2) is 0 Å². The van der Waals surface area contributed by atoms with Gasteiger partial charge in [0.25, 0.3) is 0 Å². The van der Waals surface area contributed by atoms with Crippen molar-refractivity contribution in [2.75, 3.05) is 4.90 Å². The monoisotopic (exact) mass is 369 g/mol. The van der Waals surface area contributed by atoms with E-state index >= 15 is 0 Å². The summed E-state index contributed by atoms with van der Waals surface area (Å²) in [7, 11) is 0. The Morgan fingerprint density at radius 3 is 1.82 bits per heavy atom. The molecule has 0 atom stereocenters. The first kappa shape index (κ1) is 17.5. The van der Waals surface area contributed by atoms with Gasteiger partial charge >= 0.3 is 6.03 Å². The quantitative estimate of drug-likeness (QED) is 0.662. The number of benzene rings is 3. The minimum Gasteiger partial charge on any atom is -0.273 e. The van der Waals surface area contributed by atoms with Gasteiger partial charge in [-0.3, -0.25) is 15.1 Å². The highest BCUT2D eigenvalue weighted by atomic mass is 16.2. The van der Waals surface area contributed by atoms with Crippen LogP contribution < -0.4 is 15.8 Å². The number of fused-ring (bicyclic) bond motifs is 2. The van der Waals surface area contributed by atoms with Crippen molar-refractivity contribution in [2.24, 2.45) is 0 Å². The lowest BCUT2D eigenvalue weighted by Gasteiger charge is -2.25. The number of para-hydroxylation sites is 2. The van der Waals surface area contributed by atoms with Crippen LogP contribution in [0.15, 0.2) is 78.9 Å². The third-order valence-corrected chi connectivity index (χ3v) is 4.52. The molecular weight excluding hydrogens is 350 g/mol. The molecule has 2 N–H and O–H groups in total. The number of rotatable bonds is 2. The van der Waals surface area contributed by atoms with Crippen LogP contribution in [0, 0.1) is 0 Å². The average molecular weight is 369 g/mol. The third kappa shape index (κ3) is 3.64. The number of urea groups is 1. The van der Waals surface area contributed by atoms with Crippen LogP contribution >= 0.6 is 0 Å². The summed E-state index contributed by atoms with van der Waals surface area (Å²) in [6, 6.07) is 24.2. The Morgan fingerprint density at radius 2 is 1.21 bits per heavy atom. The molecule has 1 heterocycles. The van der Waals surface area contributed by atoms with Gasteiger partial charge in [0.05, 0.1) is 17.8 Å². The second-order valence-corrected chi connectivity index (χ2v) is 6.43. The van der Waals surface area contributed by atoms with Gasteiger partial charge < -0.3 is 0 Å². The second-order valence-electron chi connectivity index (χ2n) is 6.43. The molecule has 1 aliphatic rings. The number of carbonyl (C=O) groups excluding carboxylic acids is 2. The third-order valence-electron chi connectivity index (χ3n) is 4.52. The van der Waals surface area contributed by atoms with Gasteiger partial charge in [0.2, 0.25) is 5.91 Å². The molecule has 5 nitrogen and oxygen atoms in total. The summed E-state index contributed by atoms with van der Waals surface area (Å²) >= 11 is 0. The van der Waals surface area contributed by atoms with Crippen molar-refractivity contribution in [3.63, 3.8) is 0 Å². The molecule has 0 bridgehead atoms. The van der Waals surface area contributed by atoms with Crippen molar-refractivity contribution in [2.45, 2.75) is 6.42 Å². The largest absolute Gasteiger partial charge is 0.345 e. The predicted octanol–water partition coefficient (Wildman–Crippen LogP) is 4.29. The van der Waals surface area contributed by atoms with Crippen LogP contribution in [0.5, 0.6) is 0 Å². The van der Waals surface area contributed by atoms with Crippen molar-refractivity contribution < 1.29 is 9.59 Å². The molecule has 3 aromatic carbocycles. The fourth-order valence-electron chi connectivity index (χ4n) is 3.20. The van der Waals surface area contributed by atoms with Crippen LogP contribution in [-0.2, 0) is 11.2 Å². The first-order valence-electron chi connectivity index (χ1n) is 9.01. The minimum atomic E-state index is -0.426. The van der Waals surface area contributed by atoms with E-state index in [4.69, 9.17) is 0 Å². The maximum absolute atomic E-state index is 13.0. The number of hydrogen-bond donors (Lipinski definition) is 2. The summed E-state index contributed by atoms with van der Waals surface area (Å²) in [6.45, 7) is 0. The summed E-state index contributed by atoms with van der Waals surface area (Å²) < 4.78 is 0. The average Bonchev–Trinajstić information content (AvgIpc) is 2.90. The highest BCUT2D eigenvalue weighted by Gasteiger charge is 2.24. The van der Waals surface area contributed by atoms with E-state index in [2.05, 4.69) is 10.9 Å². The molecule has 0 spiro atoms. The number of hydrazine groups is 1. The maximum Gasteiger partial charge on any atom is 0.345 e. The van der Waals surface area contributed by atoms with Crippen molar-refractivity contribution in [1.29, 1.82) is 0 Å². The molecule has 0 aromatic heterocycles. The molecule has 0 unspecified atom stereocenters. The SMILES string of the molecule is O=C(Cc1ccccc1)NNC(=O)N1c2ccccc2C=Cc2ccccc21. The maximum atomic E-state index is 13.0. The summed E-state index contributed by atoms with van der Waals surface area (Å²) in [6.07, 6.45) is 4.15. The molecular formula is C23H19N3O2. The molecule has 3 amide bonds. The molecule has 5 heteroatoms. The number of anilines is 2. The van der Waals surface area contributed by atoms with E-state index in [0.29, 0.717) is 0 Å². The van der Waals surface area contributed by atoms with Crippen LogP contribution in [0.3, 0.4) is 0 Å². The Kier molecular flexibility index (Phi) is 4.89. The zero-order valence-electron chi connectivity index (χ0n) is 15.1. The lowest BCUT2D eigenvalue weighted by atomic mass is 10.1. The highest BCUT2D eigenvalue weighted by Crippen LogP contribution is 2.35. The van der Waals surface area contributed by atoms with Gasteiger partial charge in [0, 0.05) is 0 Å². The van der Waals surface area contributed by atoms with Crippen LogP contribution in [0.1, 0.15) is 16.7 Å². The zero-order chi connectivity index (χ0) is 19.3. The van der Waals surface area contributed by atoms with Crippen LogP contribution in [-0.4, -0.2) is 11.9 Å². The van der Waals surface area contributed by atoms with E-state index in [9.17, 15) is 9.59 Å². The second kappa shape index (κ2) is 7.80. The molecule has 0 aliphatic carbocycles. The van der Waals surface area contributed by atoms with Crippen molar-refractivity contribution in [1.82, 2.24) is 10.9 Å². The Hall–Kier alpha value is -3.86. The van der Waals surface area contributed by atoms with E-state index in [1.807, 2.05) is 91.0 Å². The predicted molar refractivity (Wildman–Crippen MR) is 111 cm³/mol. The molecule has 28 heavy (non-hydrogen) atoms. The lowest BCUT2D eigenvalue weighted by Crippen LogP contribution is -2.48. The van der Waals surface area contributed by atoms with Crippen molar-refractivity contribution >= 4 is 35.5 Å². The standard InChI is InChI=1S/C23H19N3O2/c27-22(16-17-8-2-1-3-9-17)24-25-23(28)26-20-12-6-4-10-18(20)14-15-19-11-5-7-13-21(19)26/h1-15H,16H2,(H,24,27)(H,25,28). The van der Waals surface area contributed by atoms with Gasteiger partial charge in [-0.05, 0) is 28.8 Å². The van der Waals surface area contributed by atoms with E-state index in [-0.39, 0.29) is 12.3 Å². The van der Waals surface area contributed by atoms with E-state index in [1.165, 1.54) is 0 Å².